The number of aromatic nitrogens is 1. The first kappa shape index (κ1) is 10.3. The van der Waals surface area contributed by atoms with Crippen molar-refractivity contribution in [1.82, 2.24) is 4.98 Å². The van der Waals surface area contributed by atoms with Crippen molar-refractivity contribution in [3.8, 4) is 11.5 Å². The molecule has 3 N–H and O–H groups in total. The number of hydrogen-bond acceptors (Lipinski definition) is 4. The number of pyridine rings is 1. The van der Waals surface area contributed by atoms with Crippen molar-refractivity contribution in [2.75, 3.05) is 18.1 Å². The number of nitrogens with one attached hydrogen (secondary N) is 1. The van der Waals surface area contributed by atoms with Crippen LogP contribution in [-0.2, 0) is 0 Å². The Labute approximate surface area is 94.1 Å². The highest BCUT2D eigenvalue weighted by molar-refractivity contribution is 5.67. The summed E-state index contributed by atoms with van der Waals surface area (Å²) in [7, 11) is 1.83. The van der Waals surface area contributed by atoms with Gasteiger partial charge in [0, 0.05) is 25.5 Å². The van der Waals surface area contributed by atoms with Crippen LogP contribution >= 0.6 is 0 Å². The second-order valence-corrected chi connectivity index (χ2v) is 3.28. The molecule has 0 radical (unpaired) electrons. The van der Waals surface area contributed by atoms with E-state index < -0.39 is 0 Å². The van der Waals surface area contributed by atoms with Crippen molar-refractivity contribution in [3.63, 3.8) is 0 Å². The molecule has 0 aliphatic heterocycles. The molecule has 0 atom stereocenters. The molecule has 82 valence electrons. The van der Waals surface area contributed by atoms with Crippen LogP contribution in [0.4, 0.5) is 11.4 Å². The van der Waals surface area contributed by atoms with Crippen LogP contribution in [0.15, 0.2) is 42.7 Å². The number of benzene rings is 1. The zero-order valence-electron chi connectivity index (χ0n) is 8.97. The molecule has 1 aromatic carbocycles. The Kier molecular flexibility index (Phi) is 2.91. The summed E-state index contributed by atoms with van der Waals surface area (Å²) in [6.07, 6.45) is 3.36. The van der Waals surface area contributed by atoms with Crippen molar-refractivity contribution >= 4 is 11.4 Å². The van der Waals surface area contributed by atoms with Gasteiger partial charge in [-0.2, -0.15) is 0 Å². The summed E-state index contributed by atoms with van der Waals surface area (Å²) in [5, 5.41) is 3.00. The van der Waals surface area contributed by atoms with Crippen molar-refractivity contribution in [1.29, 1.82) is 0 Å². The third-order valence-corrected chi connectivity index (χ3v) is 2.18. The highest BCUT2D eigenvalue weighted by atomic mass is 16.5. The van der Waals surface area contributed by atoms with Crippen LogP contribution in [0.1, 0.15) is 0 Å². The zero-order valence-corrected chi connectivity index (χ0v) is 8.97. The molecule has 0 saturated carbocycles. The van der Waals surface area contributed by atoms with E-state index in [2.05, 4.69) is 10.3 Å². The fourth-order valence-corrected chi connectivity index (χ4v) is 1.37. The summed E-state index contributed by atoms with van der Waals surface area (Å²) in [6.45, 7) is 0. The van der Waals surface area contributed by atoms with E-state index in [4.69, 9.17) is 10.5 Å². The quantitative estimate of drug-likeness (QED) is 0.772. The normalized spacial score (nSPS) is 9.81. The van der Waals surface area contributed by atoms with Crippen molar-refractivity contribution < 1.29 is 4.74 Å². The fourth-order valence-electron chi connectivity index (χ4n) is 1.37. The maximum atomic E-state index is 5.83. The predicted molar refractivity (Wildman–Crippen MR) is 64.7 cm³/mol. The minimum Gasteiger partial charge on any atom is -0.457 e. The van der Waals surface area contributed by atoms with Gasteiger partial charge in [0.05, 0.1) is 11.4 Å². The van der Waals surface area contributed by atoms with E-state index in [1.54, 1.807) is 30.6 Å². The number of nitrogens with two attached hydrogens (primary N) is 1. The Morgan fingerprint density at radius 3 is 2.50 bits per heavy atom. The molecular formula is C12H13N3O. The first-order chi connectivity index (χ1) is 7.79. The molecule has 16 heavy (non-hydrogen) atoms. The number of rotatable bonds is 3. The zero-order chi connectivity index (χ0) is 11.4. The molecule has 1 aromatic heterocycles. The molecule has 4 heteroatoms. The number of nitrogen functional groups attached to an aromatic ring is 1. The van der Waals surface area contributed by atoms with Crippen LogP contribution in [0.2, 0.25) is 0 Å². The minimum absolute atomic E-state index is 0.661. The highest BCUT2D eigenvalue weighted by Gasteiger charge is 2.00. The van der Waals surface area contributed by atoms with Gasteiger partial charge in [-0.05, 0) is 24.3 Å². The lowest BCUT2D eigenvalue weighted by Crippen LogP contribution is -1.95. The van der Waals surface area contributed by atoms with E-state index in [1.165, 1.54) is 0 Å². The van der Waals surface area contributed by atoms with Gasteiger partial charge in [-0.3, -0.25) is 4.98 Å². The molecule has 0 aliphatic carbocycles. The monoisotopic (exact) mass is 215 g/mol. The van der Waals surface area contributed by atoms with Crippen molar-refractivity contribution in [3.05, 3.63) is 42.7 Å². The number of ether oxygens (including phenoxy) is 1. The number of hydrogen-bond donors (Lipinski definition) is 2. The van der Waals surface area contributed by atoms with Gasteiger partial charge in [0.2, 0.25) is 0 Å². The van der Waals surface area contributed by atoms with Gasteiger partial charge in [-0.25, -0.2) is 0 Å². The van der Waals surface area contributed by atoms with Gasteiger partial charge in [0.15, 0.2) is 0 Å². The Balaban J connectivity index is 2.20. The SMILES string of the molecule is CNc1ccc(Oc2ccncc2)cc1N. The first-order valence-electron chi connectivity index (χ1n) is 4.95. The largest absolute Gasteiger partial charge is 0.457 e. The predicted octanol–water partition coefficient (Wildman–Crippen LogP) is 2.50. The third kappa shape index (κ3) is 2.23. The maximum absolute atomic E-state index is 5.83. The molecule has 0 amide bonds. The number of anilines is 2. The summed E-state index contributed by atoms with van der Waals surface area (Å²) in [6, 6.07) is 9.12. The molecule has 0 aliphatic rings. The van der Waals surface area contributed by atoms with E-state index in [1.807, 2.05) is 19.2 Å². The molecule has 0 spiro atoms. The molecular weight excluding hydrogens is 202 g/mol. The molecule has 2 rings (SSSR count). The Bertz CT molecular complexity index is 471. The van der Waals surface area contributed by atoms with Gasteiger partial charge < -0.3 is 15.8 Å². The molecule has 4 nitrogen and oxygen atoms in total. The van der Waals surface area contributed by atoms with E-state index in [0.717, 1.165) is 11.4 Å². The van der Waals surface area contributed by atoms with Crippen LogP contribution in [-0.4, -0.2) is 12.0 Å². The average molecular weight is 215 g/mol. The molecule has 0 unspecified atom stereocenters. The lowest BCUT2D eigenvalue weighted by molar-refractivity contribution is 0.482. The lowest BCUT2D eigenvalue weighted by Gasteiger charge is -2.08. The minimum atomic E-state index is 0.661. The Hall–Kier alpha value is -2.23. The van der Waals surface area contributed by atoms with E-state index in [9.17, 15) is 0 Å². The van der Waals surface area contributed by atoms with Gasteiger partial charge in [-0.1, -0.05) is 0 Å². The van der Waals surface area contributed by atoms with E-state index in [0.29, 0.717) is 11.4 Å². The van der Waals surface area contributed by atoms with Crippen LogP contribution in [0.25, 0.3) is 0 Å². The summed E-state index contributed by atoms with van der Waals surface area (Å²) >= 11 is 0. The highest BCUT2D eigenvalue weighted by Crippen LogP contribution is 2.27. The van der Waals surface area contributed by atoms with Crippen molar-refractivity contribution in [2.45, 2.75) is 0 Å². The van der Waals surface area contributed by atoms with Crippen LogP contribution in [0.5, 0.6) is 11.5 Å². The molecule has 0 fully saturated rings. The lowest BCUT2D eigenvalue weighted by atomic mass is 10.2. The maximum Gasteiger partial charge on any atom is 0.130 e. The Morgan fingerprint density at radius 2 is 1.88 bits per heavy atom. The van der Waals surface area contributed by atoms with Crippen molar-refractivity contribution in [2.24, 2.45) is 0 Å². The smallest absolute Gasteiger partial charge is 0.130 e. The van der Waals surface area contributed by atoms with Crippen LogP contribution in [0.3, 0.4) is 0 Å². The van der Waals surface area contributed by atoms with Gasteiger partial charge in [0.1, 0.15) is 11.5 Å². The van der Waals surface area contributed by atoms with Crippen LogP contribution < -0.4 is 15.8 Å². The first-order valence-corrected chi connectivity index (χ1v) is 4.95. The Morgan fingerprint density at radius 1 is 1.12 bits per heavy atom. The standard InChI is InChI=1S/C12H13N3O/c1-14-12-3-2-10(8-11(12)13)16-9-4-6-15-7-5-9/h2-8,14H,13H2,1H3. The molecule has 0 bridgehead atoms. The second-order valence-electron chi connectivity index (χ2n) is 3.28. The van der Waals surface area contributed by atoms with Gasteiger partial charge >= 0.3 is 0 Å². The van der Waals surface area contributed by atoms with Gasteiger partial charge in [-0.15, -0.1) is 0 Å². The number of nitrogens with zero attached hydrogens (tertiary/aromatic N) is 1. The summed E-state index contributed by atoms with van der Waals surface area (Å²) in [5.41, 5.74) is 7.38. The van der Waals surface area contributed by atoms with E-state index in [-0.39, 0.29) is 0 Å². The molecule has 0 saturated heterocycles. The summed E-state index contributed by atoms with van der Waals surface area (Å²) < 4.78 is 5.61. The second kappa shape index (κ2) is 4.53. The third-order valence-electron chi connectivity index (χ3n) is 2.18. The molecule has 1 heterocycles. The fraction of sp³-hybridized carbons (Fsp3) is 0.0833. The van der Waals surface area contributed by atoms with E-state index >= 15 is 0 Å². The van der Waals surface area contributed by atoms with Crippen LogP contribution in [0, 0.1) is 0 Å². The summed E-state index contributed by atoms with van der Waals surface area (Å²) in [5.74, 6) is 1.45. The molecule has 2 aromatic rings. The topological polar surface area (TPSA) is 60.2 Å². The average Bonchev–Trinajstić information content (AvgIpc) is 2.31. The van der Waals surface area contributed by atoms with Gasteiger partial charge in [0.25, 0.3) is 0 Å². The summed E-state index contributed by atoms with van der Waals surface area (Å²) in [4.78, 5) is 3.92.